The zero-order valence-corrected chi connectivity index (χ0v) is 9.50. The first-order valence-corrected chi connectivity index (χ1v) is 5.89. The molecule has 15 heavy (non-hydrogen) atoms. The molecule has 3 nitrogen and oxygen atoms in total. The Morgan fingerprint density at radius 3 is 2.87 bits per heavy atom. The number of nitrogens with zero attached hydrogens (tertiary/aromatic N) is 1. The van der Waals surface area contributed by atoms with Crippen LogP contribution in [0.15, 0.2) is 18.5 Å². The summed E-state index contributed by atoms with van der Waals surface area (Å²) in [5, 5.41) is 3.41. The molecule has 2 N–H and O–H groups in total. The zero-order chi connectivity index (χ0) is 10.5. The number of aromatic nitrogens is 1. The van der Waals surface area contributed by atoms with E-state index < -0.39 is 0 Å². The van der Waals surface area contributed by atoms with Gasteiger partial charge in [0.05, 0.1) is 0 Å². The summed E-state index contributed by atoms with van der Waals surface area (Å²) in [4.78, 5) is 5.61. The highest BCUT2D eigenvalue weighted by Crippen LogP contribution is 2.10. The van der Waals surface area contributed by atoms with E-state index in [1.165, 1.54) is 38.0 Å². The van der Waals surface area contributed by atoms with Crippen LogP contribution in [-0.4, -0.2) is 42.6 Å². The highest BCUT2D eigenvalue weighted by molar-refractivity contribution is 5.08. The summed E-state index contributed by atoms with van der Waals surface area (Å²) >= 11 is 0. The number of aromatic amines is 1. The molecule has 1 saturated heterocycles. The minimum Gasteiger partial charge on any atom is -0.367 e. The predicted octanol–water partition coefficient (Wildman–Crippen LogP) is 1.24. The summed E-state index contributed by atoms with van der Waals surface area (Å²) in [5.41, 5.74) is 1.41. The summed E-state index contributed by atoms with van der Waals surface area (Å²) in [6.45, 7) is 3.53. The molecule has 0 bridgehead atoms. The van der Waals surface area contributed by atoms with Crippen LogP contribution in [0.3, 0.4) is 0 Å². The molecule has 1 aromatic rings. The molecular formula is C12H21N3. The molecule has 0 radical (unpaired) electrons. The molecule has 0 amide bonds. The first-order valence-electron chi connectivity index (χ1n) is 5.89. The quantitative estimate of drug-likeness (QED) is 0.778. The van der Waals surface area contributed by atoms with Crippen LogP contribution < -0.4 is 5.32 Å². The first-order chi connectivity index (χ1) is 7.36. The van der Waals surface area contributed by atoms with Gasteiger partial charge in [-0.05, 0) is 51.0 Å². The van der Waals surface area contributed by atoms with Gasteiger partial charge in [-0.3, -0.25) is 0 Å². The molecule has 0 spiro atoms. The van der Waals surface area contributed by atoms with E-state index in [0.717, 1.165) is 12.5 Å². The molecule has 0 saturated carbocycles. The Hall–Kier alpha value is -0.800. The molecule has 84 valence electrons. The van der Waals surface area contributed by atoms with Crippen molar-refractivity contribution in [2.24, 2.45) is 0 Å². The average Bonchev–Trinajstić information content (AvgIpc) is 2.80. The number of H-pyrrole nitrogens is 1. The second-order valence-electron chi connectivity index (χ2n) is 4.43. The zero-order valence-electron chi connectivity index (χ0n) is 9.50. The lowest BCUT2D eigenvalue weighted by atomic mass is 10.0. The second-order valence-corrected chi connectivity index (χ2v) is 4.43. The number of nitrogens with one attached hydrogen (secondary N) is 2. The van der Waals surface area contributed by atoms with Crippen molar-refractivity contribution in [1.29, 1.82) is 0 Å². The lowest BCUT2D eigenvalue weighted by molar-refractivity contribution is 0.201. The van der Waals surface area contributed by atoms with Crippen LogP contribution in [0, 0.1) is 0 Å². The number of rotatable bonds is 4. The standard InChI is InChI=1S/C12H21N3/c1-15(12-3-7-13-8-4-12)9-5-11-2-6-14-10-11/h2,6,10,12-14H,3-5,7-9H2,1H3. The van der Waals surface area contributed by atoms with Gasteiger partial charge in [0, 0.05) is 25.0 Å². The van der Waals surface area contributed by atoms with E-state index >= 15 is 0 Å². The number of hydrogen-bond acceptors (Lipinski definition) is 2. The molecule has 1 aromatic heterocycles. The third-order valence-corrected chi connectivity index (χ3v) is 3.35. The molecule has 0 aromatic carbocycles. The van der Waals surface area contributed by atoms with Crippen molar-refractivity contribution >= 4 is 0 Å². The SMILES string of the molecule is CN(CCc1cc[nH]c1)C1CCNCC1. The van der Waals surface area contributed by atoms with Gasteiger partial charge in [-0.15, -0.1) is 0 Å². The maximum Gasteiger partial charge on any atom is 0.0116 e. The Balaban J connectivity index is 1.74. The molecule has 2 rings (SSSR count). The van der Waals surface area contributed by atoms with Gasteiger partial charge in [0.2, 0.25) is 0 Å². The maximum absolute atomic E-state index is 3.41. The van der Waals surface area contributed by atoms with Crippen molar-refractivity contribution in [3.8, 4) is 0 Å². The number of likely N-dealkylation sites (N-methyl/N-ethyl adjacent to an activating group) is 1. The lowest BCUT2D eigenvalue weighted by Gasteiger charge is -2.31. The van der Waals surface area contributed by atoms with Gasteiger partial charge in [0.1, 0.15) is 0 Å². The average molecular weight is 207 g/mol. The molecule has 0 aliphatic carbocycles. The minimum atomic E-state index is 0.783. The summed E-state index contributed by atoms with van der Waals surface area (Å²) in [7, 11) is 2.25. The second kappa shape index (κ2) is 5.33. The molecule has 1 aliphatic rings. The fourth-order valence-electron chi connectivity index (χ4n) is 2.25. The Labute approximate surface area is 91.9 Å². The lowest BCUT2D eigenvalue weighted by Crippen LogP contribution is -2.41. The molecule has 3 heteroatoms. The fourth-order valence-corrected chi connectivity index (χ4v) is 2.25. The highest BCUT2D eigenvalue weighted by atomic mass is 15.1. The third kappa shape index (κ3) is 3.08. The summed E-state index contributed by atoms with van der Waals surface area (Å²) in [5.74, 6) is 0. The van der Waals surface area contributed by atoms with E-state index in [1.54, 1.807) is 0 Å². The van der Waals surface area contributed by atoms with Gasteiger partial charge in [0.15, 0.2) is 0 Å². The minimum absolute atomic E-state index is 0.783. The Morgan fingerprint density at radius 1 is 1.40 bits per heavy atom. The summed E-state index contributed by atoms with van der Waals surface area (Å²) in [6.07, 6.45) is 7.84. The van der Waals surface area contributed by atoms with Crippen molar-refractivity contribution in [2.45, 2.75) is 25.3 Å². The third-order valence-electron chi connectivity index (χ3n) is 3.35. The van der Waals surface area contributed by atoms with Gasteiger partial charge >= 0.3 is 0 Å². The van der Waals surface area contributed by atoms with Crippen LogP contribution in [-0.2, 0) is 6.42 Å². The Bertz CT molecular complexity index is 262. The van der Waals surface area contributed by atoms with Crippen LogP contribution in [0.1, 0.15) is 18.4 Å². The highest BCUT2D eigenvalue weighted by Gasteiger charge is 2.16. The van der Waals surface area contributed by atoms with Crippen molar-refractivity contribution < 1.29 is 0 Å². The number of piperidine rings is 1. The predicted molar refractivity (Wildman–Crippen MR) is 63.0 cm³/mol. The smallest absolute Gasteiger partial charge is 0.0116 e. The summed E-state index contributed by atoms with van der Waals surface area (Å²) in [6, 6.07) is 2.95. The van der Waals surface area contributed by atoms with E-state index in [4.69, 9.17) is 0 Å². The van der Waals surface area contributed by atoms with E-state index in [1.807, 2.05) is 6.20 Å². The van der Waals surface area contributed by atoms with Crippen LogP contribution in [0.25, 0.3) is 0 Å². The van der Waals surface area contributed by atoms with E-state index in [9.17, 15) is 0 Å². The normalized spacial score (nSPS) is 18.5. The molecule has 1 fully saturated rings. The van der Waals surface area contributed by atoms with Gasteiger partial charge in [-0.25, -0.2) is 0 Å². The van der Waals surface area contributed by atoms with Gasteiger partial charge in [0.25, 0.3) is 0 Å². The van der Waals surface area contributed by atoms with Crippen molar-refractivity contribution in [3.05, 3.63) is 24.0 Å². The van der Waals surface area contributed by atoms with Crippen molar-refractivity contribution in [1.82, 2.24) is 15.2 Å². The van der Waals surface area contributed by atoms with Crippen LogP contribution >= 0.6 is 0 Å². The number of hydrogen-bond donors (Lipinski definition) is 2. The fraction of sp³-hybridized carbons (Fsp3) is 0.667. The van der Waals surface area contributed by atoms with E-state index in [0.29, 0.717) is 0 Å². The van der Waals surface area contributed by atoms with E-state index in [2.05, 4.69) is 34.5 Å². The molecule has 2 heterocycles. The van der Waals surface area contributed by atoms with Gasteiger partial charge in [-0.2, -0.15) is 0 Å². The molecule has 0 atom stereocenters. The maximum atomic E-state index is 3.41. The van der Waals surface area contributed by atoms with Crippen LogP contribution in [0.4, 0.5) is 0 Å². The Kier molecular flexibility index (Phi) is 3.80. The van der Waals surface area contributed by atoms with E-state index in [-0.39, 0.29) is 0 Å². The van der Waals surface area contributed by atoms with Gasteiger partial charge < -0.3 is 15.2 Å². The first kappa shape index (κ1) is 10.7. The van der Waals surface area contributed by atoms with Gasteiger partial charge in [-0.1, -0.05) is 0 Å². The van der Waals surface area contributed by atoms with Crippen LogP contribution in [0.2, 0.25) is 0 Å². The molecular weight excluding hydrogens is 186 g/mol. The summed E-state index contributed by atoms with van der Waals surface area (Å²) < 4.78 is 0. The molecule has 0 unspecified atom stereocenters. The Morgan fingerprint density at radius 2 is 2.20 bits per heavy atom. The van der Waals surface area contributed by atoms with Crippen molar-refractivity contribution in [2.75, 3.05) is 26.7 Å². The largest absolute Gasteiger partial charge is 0.367 e. The molecule has 1 aliphatic heterocycles. The van der Waals surface area contributed by atoms with Crippen molar-refractivity contribution in [3.63, 3.8) is 0 Å². The monoisotopic (exact) mass is 207 g/mol. The topological polar surface area (TPSA) is 31.1 Å². The van der Waals surface area contributed by atoms with Crippen LogP contribution in [0.5, 0.6) is 0 Å².